The van der Waals surface area contributed by atoms with Crippen LogP contribution in [0.4, 0.5) is 45.5 Å². The zero-order chi connectivity index (χ0) is 44.0. The Bertz CT molecular complexity index is 2200. The third-order valence-electron chi connectivity index (χ3n) is 13.4. The van der Waals surface area contributed by atoms with Gasteiger partial charge in [-0.1, -0.05) is 132 Å². The van der Waals surface area contributed by atoms with E-state index in [9.17, 15) is 0 Å². The highest BCUT2D eigenvalue weighted by Gasteiger charge is 2.45. The zero-order valence-corrected chi connectivity index (χ0v) is 39.5. The topological polar surface area (TPSA) is 13.0 Å². The van der Waals surface area contributed by atoms with Crippen molar-refractivity contribution >= 4 is 45.5 Å². The molecule has 0 bridgehead atoms. The largest absolute Gasteiger partial charge is 0.291 e. The Morgan fingerprint density at radius 3 is 0.613 bits per heavy atom. The minimum Gasteiger partial charge on any atom is -0.291 e. The summed E-state index contributed by atoms with van der Waals surface area (Å²) in [5, 5.41) is 0. The van der Waals surface area contributed by atoms with Gasteiger partial charge in [-0.15, -0.1) is 0 Å². The number of benzene rings is 6. The SMILES string of the molecule is CCc1cc2c(cc1CC)N(c1ccc(C(C)C)cc1)C(=C1N(c3ccc(C(C)C)cc3)c3cc(CC)c(CC)cc3N1c1ccc(C(C)C)cc1)N2c1ccc(C(C)C)cc1. The monoisotopic (exact) mass is 821 g/mol. The molecule has 0 saturated carbocycles. The maximum Gasteiger partial charge on any atom is 0.166 e. The average molecular weight is 821 g/mol. The Kier molecular flexibility index (Phi) is 12.2. The molecule has 4 heteroatoms. The second-order valence-electron chi connectivity index (χ2n) is 18.6. The molecule has 0 radical (unpaired) electrons. The number of fused-ring (bicyclic) bond motifs is 2. The van der Waals surface area contributed by atoms with Gasteiger partial charge in [-0.3, -0.25) is 19.6 Å². The maximum atomic E-state index is 2.57. The molecule has 8 rings (SSSR count). The predicted octanol–water partition coefficient (Wildman–Crippen LogP) is 16.8. The van der Waals surface area contributed by atoms with E-state index in [1.807, 2.05) is 0 Å². The molecule has 0 saturated heterocycles. The van der Waals surface area contributed by atoms with E-state index in [0.29, 0.717) is 23.7 Å². The standard InChI is InChI=1S/C58H68N4/c1-13-41-33-53-54(34-42(41)14-2)60(50-27-19-46(20-28-50)38(7)8)57(59(53)49-25-17-45(18-26-49)37(5)6)58-61(51-29-21-47(22-30-51)39(9)10)55-35-43(15-3)44(16-4)36-56(55)62(58)52-31-23-48(24-32-52)40(11)12/h17-40H,13-16H2,1-12H3. The highest BCUT2D eigenvalue weighted by molar-refractivity contribution is 6.00. The van der Waals surface area contributed by atoms with Crippen molar-refractivity contribution in [1.82, 2.24) is 0 Å². The first-order valence-corrected chi connectivity index (χ1v) is 23.5. The number of nitrogens with zero attached hydrogens (tertiary/aromatic N) is 4. The average Bonchev–Trinajstić information content (AvgIpc) is 3.79. The molecule has 6 aromatic rings. The fourth-order valence-corrected chi connectivity index (χ4v) is 9.49. The number of hydrogen-bond donors (Lipinski definition) is 0. The van der Waals surface area contributed by atoms with Crippen molar-refractivity contribution in [2.45, 2.75) is 132 Å². The molecule has 0 spiro atoms. The fraction of sp³-hybridized carbons (Fsp3) is 0.345. The molecule has 2 heterocycles. The van der Waals surface area contributed by atoms with Crippen LogP contribution in [0.15, 0.2) is 133 Å². The van der Waals surface area contributed by atoms with Crippen LogP contribution in [0.1, 0.15) is 151 Å². The Morgan fingerprint density at radius 2 is 0.468 bits per heavy atom. The van der Waals surface area contributed by atoms with Crippen molar-refractivity contribution in [3.8, 4) is 0 Å². The predicted molar refractivity (Wildman–Crippen MR) is 268 cm³/mol. The minimum atomic E-state index is 0.431. The third-order valence-corrected chi connectivity index (χ3v) is 13.4. The van der Waals surface area contributed by atoms with E-state index in [4.69, 9.17) is 0 Å². The highest BCUT2D eigenvalue weighted by Crippen LogP contribution is 2.58. The van der Waals surface area contributed by atoms with Gasteiger partial charge in [-0.05, 0) is 167 Å². The summed E-state index contributed by atoms with van der Waals surface area (Å²) >= 11 is 0. The second kappa shape index (κ2) is 17.6. The minimum absolute atomic E-state index is 0.431. The van der Waals surface area contributed by atoms with E-state index in [2.05, 4.69) is 224 Å². The molecule has 320 valence electrons. The van der Waals surface area contributed by atoms with E-state index in [-0.39, 0.29) is 0 Å². The summed E-state index contributed by atoms with van der Waals surface area (Å²) in [5.41, 5.74) is 20.4. The van der Waals surface area contributed by atoms with Gasteiger partial charge in [-0.25, -0.2) is 0 Å². The first-order chi connectivity index (χ1) is 29.9. The molecule has 0 aliphatic carbocycles. The summed E-state index contributed by atoms with van der Waals surface area (Å²) < 4.78 is 0. The van der Waals surface area contributed by atoms with Crippen molar-refractivity contribution in [3.63, 3.8) is 0 Å². The van der Waals surface area contributed by atoms with Crippen LogP contribution >= 0.6 is 0 Å². The van der Waals surface area contributed by atoms with Crippen LogP contribution in [0.5, 0.6) is 0 Å². The molecule has 0 amide bonds. The van der Waals surface area contributed by atoms with Gasteiger partial charge in [0.1, 0.15) is 0 Å². The van der Waals surface area contributed by atoms with Gasteiger partial charge in [0.05, 0.1) is 22.7 Å². The van der Waals surface area contributed by atoms with Crippen LogP contribution in [0, 0.1) is 0 Å². The van der Waals surface area contributed by atoms with E-state index >= 15 is 0 Å². The van der Waals surface area contributed by atoms with Crippen LogP contribution < -0.4 is 19.6 Å². The molecule has 0 atom stereocenters. The lowest BCUT2D eigenvalue weighted by molar-refractivity contribution is 0.865. The van der Waals surface area contributed by atoms with Crippen molar-refractivity contribution in [3.05, 3.63) is 177 Å². The van der Waals surface area contributed by atoms with E-state index in [1.54, 1.807) is 0 Å². The van der Waals surface area contributed by atoms with Crippen molar-refractivity contribution in [2.75, 3.05) is 19.6 Å². The first kappa shape index (κ1) is 42.9. The molecule has 0 fully saturated rings. The molecule has 0 N–H and O–H groups in total. The summed E-state index contributed by atoms with van der Waals surface area (Å²) in [5.74, 6) is 3.94. The van der Waals surface area contributed by atoms with Crippen molar-refractivity contribution in [2.24, 2.45) is 0 Å². The molecule has 0 aromatic heterocycles. The van der Waals surface area contributed by atoms with E-state index in [0.717, 1.165) is 60.1 Å². The van der Waals surface area contributed by atoms with Crippen LogP contribution in [0.25, 0.3) is 0 Å². The van der Waals surface area contributed by atoms with Crippen LogP contribution in [-0.2, 0) is 25.7 Å². The summed E-state index contributed by atoms with van der Waals surface area (Å²) in [4.78, 5) is 10.3. The van der Waals surface area contributed by atoms with E-state index in [1.165, 1.54) is 67.3 Å². The number of hydrogen-bond acceptors (Lipinski definition) is 4. The summed E-state index contributed by atoms with van der Waals surface area (Å²) in [7, 11) is 0. The quantitative estimate of drug-likeness (QED) is 0.122. The highest BCUT2D eigenvalue weighted by atomic mass is 15.5. The van der Waals surface area contributed by atoms with Gasteiger partial charge in [0.2, 0.25) is 0 Å². The van der Waals surface area contributed by atoms with Gasteiger partial charge in [-0.2, -0.15) is 0 Å². The molecular weight excluding hydrogens is 753 g/mol. The summed E-state index contributed by atoms with van der Waals surface area (Å²) in [6.07, 6.45) is 3.89. The Hall–Kier alpha value is -5.74. The van der Waals surface area contributed by atoms with Gasteiger partial charge < -0.3 is 0 Å². The van der Waals surface area contributed by atoms with Crippen molar-refractivity contribution < 1.29 is 0 Å². The van der Waals surface area contributed by atoms with Crippen LogP contribution in [0.2, 0.25) is 0 Å². The smallest absolute Gasteiger partial charge is 0.166 e. The molecule has 0 unspecified atom stereocenters. The third kappa shape index (κ3) is 7.61. The van der Waals surface area contributed by atoms with Gasteiger partial charge in [0, 0.05) is 22.7 Å². The fourth-order valence-electron chi connectivity index (χ4n) is 9.49. The second-order valence-corrected chi connectivity index (χ2v) is 18.6. The molecule has 2 aliphatic rings. The van der Waals surface area contributed by atoms with Crippen molar-refractivity contribution in [1.29, 1.82) is 0 Å². The lowest BCUT2D eigenvalue weighted by atomic mass is 10.00. The Morgan fingerprint density at radius 1 is 0.290 bits per heavy atom. The van der Waals surface area contributed by atoms with Gasteiger partial charge in [0.25, 0.3) is 0 Å². The van der Waals surface area contributed by atoms with Gasteiger partial charge in [0.15, 0.2) is 11.6 Å². The summed E-state index contributed by atoms with van der Waals surface area (Å²) in [6.45, 7) is 27.5. The van der Waals surface area contributed by atoms with Crippen LogP contribution in [0.3, 0.4) is 0 Å². The normalized spacial score (nSPS) is 13.8. The molecule has 2 aliphatic heterocycles. The van der Waals surface area contributed by atoms with E-state index < -0.39 is 0 Å². The molecule has 4 nitrogen and oxygen atoms in total. The molecule has 62 heavy (non-hydrogen) atoms. The molecular formula is C58H68N4. The zero-order valence-electron chi connectivity index (χ0n) is 39.5. The number of rotatable bonds is 12. The molecule has 6 aromatic carbocycles. The Labute approximate surface area is 373 Å². The van der Waals surface area contributed by atoms with Gasteiger partial charge >= 0.3 is 0 Å². The number of anilines is 8. The van der Waals surface area contributed by atoms with Crippen LogP contribution in [-0.4, -0.2) is 0 Å². The number of aryl methyl sites for hydroxylation is 4. The lowest BCUT2D eigenvalue weighted by Gasteiger charge is -2.34. The summed E-state index contributed by atoms with van der Waals surface area (Å²) in [6, 6.07) is 47.4. The Balaban J connectivity index is 1.56. The lowest BCUT2D eigenvalue weighted by Crippen LogP contribution is -2.33. The maximum absolute atomic E-state index is 2.57. The first-order valence-electron chi connectivity index (χ1n) is 23.5.